The monoisotopic (exact) mass is 438 g/mol. The van der Waals surface area contributed by atoms with Gasteiger partial charge in [-0.1, -0.05) is 41.9 Å². The molecule has 29 heavy (non-hydrogen) atoms. The van der Waals surface area contributed by atoms with Crippen molar-refractivity contribution < 1.29 is 27.1 Å². The third-order valence-electron chi connectivity index (χ3n) is 4.28. The molecule has 2 amide bonds. The number of carbonyl (C=O) groups excluding carboxylic acids is 2. The summed E-state index contributed by atoms with van der Waals surface area (Å²) in [7, 11) is -2.91. The zero-order valence-corrected chi connectivity index (χ0v) is 16.7. The number of urea groups is 1. The molecule has 0 saturated heterocycles. The first-order valence-corrected chi connectivity index (χ1v) is 10.4. The van der Waals surface area contributed by atoms with Crippen LogP contribution in [0.2, 0.25) is 5.02 Å². The van der Waals surface area contributed by atoms with E-state index in [-0.39, 0.29) is 21.2 Å². The molecule has 1 heterocycles. The summed E-state index contributed by atoms with van der Waals surface area (Å²) in [6.45, 7) is 0. The average Bonchev–Trinajstić information content (AvgIpc) is 2.69. The number of hydrogen-bond acceptors (Lipinski definition) is 5. The standard InChI is InChI=1S/C19H16ClFN2O5S/c1-28-18(24)16-15(10-29(26,27)12-7-8-14(21)13(20)9-12)22-19(25)23-17(16)11-5-3-2-4-6-11/h2-9,17H,10H2,1H3,(H2,22,23,25)/t17-/m0/s1. The van der Waals surface area contributed by atoms with Crippen molar-refractivity contribution in [2.75, 3.05) is 12.9 Å². The highest BCUT2D eigenvalue weighted by atomic mass is 35.5. The first kappa shape index (κ1) is 20.8. The van der Waals surface area contributed by atoms with E-state index in [1.807, 2.05) is 0 Å². The van der Waals surface area contributed by atoms with Gasteiger partial charge in [0.05, 0.1) is 34.4 Å². The van der Waals surface area contributed by atoms with E-state index in [9.17, 15) is 22.4 Å². The first-order chi connectivity index (χ1) is 13.7. The Labute approximate surface area is 171 Å². The molecule has 0 fully saturated rings. The van der Waals surface area contributed by atoms with Crippen LogP contribution in [-0.2, 0) is 19.4 Å². The summed E-state index contributed by atoms with van der Waals surface area (Å²) >= 11 is 5.69. The summed E-state index contributed by atoms with van der Waals surface area (Å²) in [4.78, 5) is 24.4. The van der Waals surface area contributed by atoms with E-state index in [1.54, 1.807) is 30.3 Å². The molecule has 0 spiro atoms. The van der Waals surface area contributed by atoms with Gasteiger partial charge in [-0.05, 0) is 23.8 Å². The van der Waals surface area contributed by atoms with Gasteiger partial charge in [-0.25, -0.2) is 22.4 Å². The SMILES string of the molecule is COC(=O)C1=C(CS(=O)(=O)c2ccc(F)c(Cl)c2)NC(=O)N[C@H]1c1ccccc1. The maximum atomic E-state index is 13.4. The lowest BCUT2D eigenvalue weighted by Gasteiger charge is -2.29. The molecule has 2 N–H and O–H groups in total. The Bertz CT molecular complexity index is 1100. The van der Waals surface area contributed by atoms with Crippen molar-refractivity contribution in [2.24, 2.45) is 0 Å². The number of amides is 2. The van der Waals surface area contributed by atoms with Crippen molar-refractivity contribution in [3.05, 3.63) is 76.2 Å². The molecule has 1 aliphatic rings. The van der Waals surface area contributed by atoms with Crippen LogP contribution in [0.25, 0.3) is 0 Å². The van der Waals surface area contributed by atoms with E-state index >= 15 is 0 Å². The Balaban J connectivity index is 2.09. The van der Waals surface area contributed by atoms with Gasteiger partial charge in [0.1, 0.15) is 5.82 Å². The number of methoxy groups -OCH3 is 1. The van der Waals surface area contributed by atoms with Crippen LogP contribution < -0.4 is 10.6 Å². The number of ether oxygens (including phenoxy) is 1. The second-order valence-corrected chi connectivity index (χ2v) is 8.56. The minimum atomic E-state index is -4.06. The van der Waals surface area contributed by atoms with Crippen LogP contribution in [0.4, 0.5) is 9.18 Å². The lowest BCUT2D eigenvalue weighted by molar-refractivity contribution is -0.136. The molecular formula is C19H16ClFN2O5S. The molecule has 7 nitrogen and oxygen atoms in total. The van der Waals surface area contributed by atoms with Gasteiger partial charge in [0.15, 0.2) is 9.84 Å². The maximum absolute atomic E-state index is 13.4. The van der Waals surface area contributed by atoms with E-state index in [0.29, 0.717) is 5.56 Å². The molecule has 152 valence electrons. The predicted molar refractivity (Wildman–Crippen MR) is 103 cm³/mol. The number of benzene rings is 2. The Morgan fingerprint density at radius 2 is 1.90 bits per heavy atom. The van der Waals surface area contributed by atoms with Crippen LogP contribution in [0.1, 0.15) is 11.6 Å². The lowest BCUT2D eigenvalue weighted by atomic mass is 9.96. The number of nitrogens with one attached hydrogen (secondary N) is 2. The zero-order valence-electron chi connectivity index (χ0n) is 15.1. The highest BCUT2D eigenvalue weighted by Gasteiger charge is 2.35. The minimum Gasteiger partial charge on any atom is -0.466 e. The van der Waals surface area contributed by atoms with Crippen LogP contribution >= 0.6 is 11.6 Å². The Morgan fingerprint density at radius 1 is 1.21 bits per heavy atom. The van der Waals surface area contributed by atoms with Gasteiger partial charge in [0, 0.05) is 5.70 Å². The maximum Gasteiger partial charge on any atom is 0.338 e. The highest BCUT2D eigenvalue weighted by Crippen LogP contribution is 2.29. The summed E-state index contributed by atoms with van der Waals surface area (Å²) in [6, 6.07) is 9.96. The molecule has 0 aromatic heterocycles. The smallest absolute Gasteiger partial charge is 0.338 e. The van der Waals surface area contributed by atoms with Gasteiger partial charge < -0.3 is 15.4 Å². The minimum absolute atomic E-state index is 0.0462. The predicted octanol–water partition coefficient (Wildman–Crippen LogP) is 2.73. The van der Waals surface area contributed by atoms with Crippen molar-refractivity contribution in [3.8, 4) is 0 Å². The normalized spacial score (nSPS) is 16.8. The molecule has 0 bridgehead atoms. The van der Waals surface area contributed by atoms with Crippen LogP contribution in [0.5, 0.6) is 0 Å². The molecule has 0 unspecified atom stereocenters. The Morgan fingerprint density at radius 3 is 2.52 bits per heavy atom. The van der Waals surface area contributed by atoms with E-state index in [1.165, 1.54) is 0 Å². The molecule has 0 saturated carbocycles. The second-order valence-electron chi connectivity index (χ2n) is 6.16. The van der Waals surface area contributed by atoms with Crippen LogP contribution in [0.15, 0.2) is 64.7 Å². The number of hydrogen-bond donors (Lipinski definition) is 2. The van der Waals surface area contributed by atoms with Crippen LogP contribution in [0.3, 0.4) is 0 Å². The van der Waals surface area contributed by atoms with Gasteiger partial charge in [0.25, 0.3) is 0 Å². The topological polar surface area (TPSA) is 102 Å². The summed E-state index contributed by atoms with van der Waals surface area (Å²) in [5.74, 6) is -2.27. The summed E-state index contributed by atoms with van der Waals surface area (Å²) < 4.78 is 43.9. The van der Waals surface area contributed by atoms with Crippen molar-refractivity contribution in [3.63, 3.8) is 0 Å². The van der Waals surface area contributed by atoms with Crippen molar-refractivity contribution >= 4 is 33.4 Å². The molecule has 1 aliphatic heterocycles. The molecule has 2 aromatic rings. The lowest BCUT2D eigenvalue weighted by Crippen LogP contribution is -2.47. The molecule has 0 radical (unpaired) electrons. The Hall–Kier alpha value is -2.91. The van der Waals surface area contributed by atoms with Gasteiger partial charge in [-0.3, -0.25) is 0 Å². The quantitative estimate of drug-likeness (QED) is 0.552. The van der Waals surface area contributed by atoms with Gasteiger partial charge >= 0.3 is 12.0 Å². The number of esters is 1. The number of rotatable bonds is 5. The molecule has 3 rings (SSSR count). The van der Waals surface area contributed by atoms with Crippen LogP contribution in [-0.4, -0.2) is 33.3 Å². The number of halogens is 2. The third-order valence-corrected chi connectivity index (χ3v) is 6.21. The fraction of sp³-hybridized carbons (Fsp3) is 0.158. The zero-order chi connectivity index (χ0) is 21.2. The molecule has 2 aromatic carbocycles. The summed E-state index contributed by atoms with van der Waals surface area (Å²) in [6.07, 6.45) is 0. The summed E-state index contributed by atoms with van der Waals surface area (Å²) in [5.41, 5.74) is 0.396. The van der Waals surface area contributed by atoms with Crippen LogP contribution in [0, 0.1) is 5.82 Å². The third kappa shape index (κ3) is 4.41. The molecule has 1 atom stereocenters. The fourth-order valence-electron chi connectivity index (χ4n) is 2.92. The average molecular weight is 439 g/mol. The van der Waals surface area contributed by atoms with Crippen molar-refractivity contribution in [2.45, 2.75) is 10.9 Å². The van der Waals surface area contributed by atoms with Gasteiger partial charge in [0.2, 0.25) is 0 Å². The van der Waals surface area contributed by atoms with Crippen molar-refractivity contribution in [1.29, 1.82) is 0 Å². The molecule has 10 heteroatoms. The van der Waals surface area contributed by atoms with E-state index in [0.717, 1.165) is 25.3 Å². The molecular weight excluding hydrogens is 423 g/mol. The number of sulfone groups is 1. The fourth-order valence-corrected chi connectivity index (χ4v) is 4.51. The van der Waals surface area contributed by atoms with E-state index in [2.05, 4.69) is 10.6 Å². The largest absolute Gasteiger partial charge is 0.466 e. The van der Waals surface area contributed by atoms with Gasteiger partial charge in [-0.2, -0.15) is 0 Å². The highest BCUT2D eigenvalue weighted by molar-refractivity contribution is 7.91. The van der Waals surface area contributed by atoms with E-state index < -0.39 is 39.4 Å². The van der Waals surface area contributed by atoms with Crippen molar-refractivity contribution in [1.82, 2.24) is 10.6 Å². The summed E-state index contributed by atoms with van der Waals surface area (Å²) in [5, 5.41) is 4.61. The Kier molecular flexibility index (Phi) is 5.90. The van der Waals surface area contributed by atoms with Gasteiger partial charge in [-0.15, -0.1) is 0 Å². The number of carbonyl (C=O) groups is 2. The first-order valence-electron chi connectivity index (χ1n) is 8.34. The second kappa shape index (κ2) is 8.22. The molecule has 0 aliphatic carbocycles. The van der Waals surface area contributed by atoms with E-state index in [4.69, 9.17) is 16.3 Å².